The number of fused-ring (bicyclic) bond motifs is 1. The number of para-hydroxylation sites is 1. The lowest BCUT2D eigenvalue weighted by molar-refractivity contribution is -0.153. The number of hydrogen-bond donors (Lipinski definition) is 1. The Labute approximate surface area is 120 Å². The van der Waals surface area contributed by atoms with E-state index in [-0.39, 0.29) is 18.0 Å². The Kier molecular flexibility index (Phi) is 3.95. The first-order valence-corrected chi connectivity index (χ1v) is 7.77. The van der Waals surface area contributed by atoms with Crippen molar-refractivity contribution in [3.8, 4) is 0 Å². The third-order valence-electron chi connectivity index (χ3n) is 4.54. The number of anilines is 1. The molecule has 0 amide bonds. The van der Waals surface area contributed by atoms with Crippen molar-refractivity contribution in [3.63, 3.8) is 0 Å². The Bertz CT molecular complexity index is 486. The van der Waals surface area contributed by atoms with Crippen LogP contribution < -0.4 is 5.32 Å². The van der Waals surface area contributed by atoms with E-state index in [2.05, 4.69) is 12.2 Å². The fourth-order valence-corrected chi connectivity index (χ4v) is 3.45. The monoisotopic (exact) mass is 273 g/mol. The van der Waals surface area contributed by atoms with Crippen molar-refractivity contribution in [2.75, 3.05) is 11.9 Å². The highest BCUT2D eigenvalue weighted by Crippen LogP contribution is 2.34. The first-order valence-electron chi connectivity index (χ1n) is 7.77. The summed E-state index contributed by atoms with van der Waals surface area (Å²) < 4.78 is 5.79. The summed E-state index contributed by atoms with van der Waals surface area (Å²) in [7, 11) is 0. The minimum Gasteiger partial charge on any atom is -0.462 e. The van der Waals surface area contributed by atoms with Crippen LogP contribution >= 0.6 is 0 Å². The molecule has 3 rings (SSSR count). The lowest BCUT2D eigenvalue weighted by atomic mass is 9.88. The van der Waals surface area contributed by atoms with Crippen LogP contribution in [0.1, 0.15) is 50.5 Å². The second kappa shape index (κ2) is 5.86. The number of ether oxygens (including phenoxy) is 1. The Balaban J connectivity index is 1.69. The SMILES string of the molecule is CC1CCCC(OC(=O)C2CCNc3ccccc32)C1. The molecule has 108 valence electrons. The average Bonchev–Trinajstić information content (AvgIpc) is 2.46. The van der Waals surface area contributed by atoms with Gasteiger partial charge in [-0.25, -0.2) is 0 Å². The van der Waals surface area contributed by atoms with Crippen molar-refractivity contribution >= 4 is 11.7 Å². The van der Waals surface area contributed by atoms with Crippen LogP contribution in [0.3, 0.4) is 0 Å². The Morgan fingerprint density at radius 2 is 2.10 bits per heavy atom. The van der Waals surface area contributed by atoms with Crippen molar-refractivity contribution in [2.24, 2.45) is 5.92 Å². The standard InChI is InChI=1S/C17H23NO2/c1-12-5-4-6-13(11-12)20-17(19)15-9-10-18-16-8-3-2-7-14(15)16/h2-3,7-8,12-13,15,18H,4-6,9-11H2,1H3. The minimum absolute atomic E-state index is 0.0296. The van der Waals surface area contributed by atoms with Gasteiger partial charge in [-0.1, -0.05) is 31.5 Å². The van der Waals surface area contributed by atoms with Crippen LogP contribution in [0.15, 0.2) is 24.3 Å². The predicted molar refractivity (Wildman–Crippen MR) is 79.8 cm³/mol. The molecule has 0 bridgehead atoms. The highest BCUT2D eigenvalue weighted by atomic mass is 16.5. The van der Waals surface area contributed by atoms with Gasteiger partial charge in [0.05, 0.1) is 5.92 Å². The van der Waals surface area contributed by atoms with Gasteiger partial charge in [0.25, 0.3) is 0 Å². The first-order chi connectivity index (χ1) is 9.74. The molecule has 3 atom stereocenters. The van der Waals surface area contributed by atoms with Crippen LogP contribution in [0.4, 0.5) is 5.69 Å². The topological polar surface area (TPSA) is 38.3 Å². The van der Waals surface area contributed by atoms with E-state index in [0.717, 1.165) is 37.1 Å². The van der Waals surface area contributed by atoms with E-state index in [1.807, 2.05) is 24.3 Å². The van der Waals surface area contributed by atoms with Crippen LogP contribution in [0, 0.1) is 5.92 Å². The third kappa shape index (κ3) is 2.82. The van der Waals surface area contributed by atoms with Crippen molar-refractivity contribution in [1.29, 1.82) is 0 Å². The van der Waals surface area contributed by atoms with E-state index >= 15 is 0 Å². The highest BCUT2D eigenvalue weighted by Gasteiger charge is 2.30. The quantitative estimate of drug-likeness (QED) is 0.835. The maximum absolute atomic E-state index is 12.5. The molecule has 0 saturated heterocycles. The van der Waals surface area contributed by atoms with Gasteiger partial charge in [-0.2, -0.15) is 0 Å². The molecule has 0 aromatic heterocycles. The Morgan fingerprint density at radius 3 is 2.95 bits per heavy atom. The number of benzene rings is 1. The molecular weight excluding hydrogens is 250 g/mol. The molecule has 1 aromatic rings. The van der Waals surface area contributed by atoms with Gasteiger partial charge >= 0.3 is 5.97 Å². The second-order valence-electron chi connectivity index (χ2n) is 6.19. The molecule has 3 heteroatoms. The molecule has 1 aliphatic heterocycles. The van der Waals surface area contributed by atoms with Crippen LogP contribution in [-0.2, 0) is 9.53 Å². The normalized spacial score (nSPS) is 29.1. The fourth-order valence-electron chi connectivity index (χ4n) is 3.45. The second-order valence-corrected chi connectivity index (χ2v) is 6.19. The van der Waals surface area contributed by atoms with Gasteiger partial charge in [0.2, 0.25) is 0 Å². The average molecular weight is 273 g/mol. The highest BCUT2D eigenvalue weighted by molar-refractivity contribution is 5.81. The minimum atomic E-state index is -0.0929. The van der Waals surface area contributed by atoms with Gasteiger partial charge in [-0.05, 0) is 43.2 Å². The van der Waals surface area contributed by atoms with E-state index in [1.54, 1.807) is 0 Å². The summed E-state index contributed by atoms with van der Waals surface area (Å²) >= 11 is 0. The molecule has 0 radical (unpaired) electrons. The van der Waals surface area contributed by atoms with Crippen molar-refractivity contribution in [3.05, 3.63) is 29.8 Å². The summed E-state index contributed by atoms with van der Waals surface area (Å²) in [4.78, 5) is 12.5. The molecule has 20 heavy (non-hydrogen) atoms. The summed E-state index contributed by atoms with van der Waals surface area (Å²) in [6, 6.07) is 8.07. The van der Waals surface area contributed by atoms with Crippen molar-refractivity contribution in [1.82, 2.24) is 0 Å². The van der Waals surface area contributed by atoms with E-state index in [1.165, 1.54) is 12.8 Å². The van der Waals surface area contributed by atoms with Gasteiger partial charge in [-0.3, -0.25) is 4.79 Å². The molecule has 0 spiro atoms. The summed E-state index contributed by atoms with van der Waals surface area (Å²) in [6.07, 6.45) is 5.47. The van der Waals surface area contributed by atoms with Gasteiger partial charge in [0.15, 0.2) is 0 Å². The van der Waals surface area contributed by atoms with Crippen LogP contribution in [0.5, 0.6) is 0 Å². The summed E-state index contributed by atoms with van der Waals surface area (Å²) in [5, 5.41) is 3.35. The van der Waals surface area contributed by atoms with Gasteiger partial charge in [-0.15, -0.1) is 0 Å². The largest absolute Gasteiger partial charge is 0.462 e. The zero-order chi connectivity index (χ0) is 13.9. The predicted octanol–water partition coefficient (Wildman–Crippen LogP) is 3.71. The molecule has 3 nitrogen and oxygen atoms in total. The number of carbonyl (C=O) groups is 1. The molecule has 3 unspecified atom stereocenters. The fraction of sp³-hybridized carbons (Fsp3) is 0.588. The van der Waals surface area contributed by atoms with Gasteiger partial charge in [0.1, 0.15) is 6.10 Å². The van der Waals surface area contributed by atoms with Crippen molar-refractivity contribution in [2.45, 2.75) is 51.0 Å². The smallest absolute Gasteiger partial charge is 0.313 e. The molecule has 1 fully saturated rings. The van der Waals surface area contributed by atoms with Crippen molar-refractivity contribution < 1.29 is 9.53 Å². The Morgan fingerprint density at radius 1 is 1.25 bits per heavy atom. The number of carbonyl (C=O) groups excluding carboxylic acids is 1. The van der Waals surface area contributed by atoms with Gasteiger partial charge in [0, 0.05) is 12.2 Å². The maximum Gasteiger partial charge on any atom is 0.313 e. The molecule has 1 aliphatic carbocycles. The maximum atomic E-state index is 12.5. The van der Waals surface area contributed by atoms with E-state index in [4.69, 9.17) is 4.74 Å². The Hall–Kier alpha value is -1.51. The zero-order valence-corrected chi connectivity index (χ0v) is 12.1. The van der Waals surface area contributed by atoms with Crippen LogP contribution in [-0.4, -0.2) is 18.6 Å². The lowest BCUT2D eigenvalue weighted by Crippen LogP contribution is -2.30. The number of hydrogen-bond acceptors (Lipinski definition) is 3. The molecule has 1 N–H and O–H groups in total. The molecule has 2 aliphatic rings. The van der Waals surface area contributed by atoms with Gasteiger partial charge < -0.3 is 10.1 Å². The molecule has 1 aromatic carbocycles. The van der Waals surface area contributed by atoms with Crippen LogP contribution in [0.25, 0.3) is 0 Å². The molecule has 1 saturated carbocycles. The summed E-state index contributed by atoms with van der Waals surface area (Å²) in [5.41, 5.74) is 2.17. The molecule has 1 heterocycles. The summed E-state index contributed by atoms with van der Waals surface area (Å²) in [5.74, 6) is 0.560. The number of esters is 1. The van der Waals surface area contributed by atoms with E-state index in [9.17, 15) is 4.79 Å². The number of rotatable bonds is 2. The first kappa shape index (κ1) is 13.5. The van der Waals surface area contributed by atoms with E-state index < -0.39 is 0 Å². The number of nitrogens with one attached hydrogen (secondary N) is 1. The zero-order valence-electron chi connectivity index (χ0n) is 12.1. The van der Waals surface area contributed by atoms with Crippen LogP contribution in [0.2, 0.25) is 0 Å². The molecular formula is C17H23NO2. The summed E-state index contributed by atoms with van der Waals surface area (Å²) in [6.45, 7) is 3.09. The third-order valence-corrected chi connectivity index (χ3v) is 4.54. The lowest BCUT2D eigenvalue weighted by Gasteiger charge is -2.30. The van der Waals surface area contributed by atoms with E-state index in [0.29, 0.717) is 5.92 Å².